The Labute approximate surface area is 240 Å². The van der Waals surface area contributed by atoms with E-state index < -0.39 is 5.92 Å². The predicted octanol–water partition coefficient (Wildman–Crippen LogP) is 5.72. The van der Waals surface area contributed by atoms with Crippen LogP contribution in [0.2, 0.25) is 0 Å². The van der Waals surface area contributed by atoms with Gasteiger partial charge in [0.15, 0.2) is 17.3 Å². The summed E-state index contributed by atoms with van der Waals surface area (Å²) in [6, 6.07) is 20.4. The van der Waals surface area contributed by atoms with Crippen molar-refractivity contribution in [1.82, 2.24) is 5.32 Å². The molecule has 1 amide bonds. The van der Waals surface area contributed by atoms with E-state index in [0.717, 1.165) is 16.8 Å². The number of hydrogen-bond donors (Lipinski definition) is 2. The van der Waals surface area contributed by atoms with Crippen LogP contribution in [-0.2, 0) is 9.59 Å². The average Bonchev–Trinajstić information content (AvgIpc) is 3.00. The number of Topliss-reactive ketones (excluding diaryl/α,β-unsaturated/α-hetero) is 1. The third kappa shape index (κ3) is 5.37. The second-order valence-corrected chi connectivity index (χ2v) is 10.1. The number of ether oxygens (including phenoxy) is 4. The van der Waals surface area contributed by atoms with E-state index in [4.69, 9.17) is 18.9 Å². The Hall–Kier alpha value is -4.72. The Morgan fingerprint density at radius 2 is 1.54 bits per heavy atom. The molecule has 0 saturated heterocycles. The first kappa shape index (κ1) is 27.8. The molecule has 3 aromatic carbocycles. The molecule has 0 spiro atoms. The molecule has 0 fully saturated rings. The molecule has 2 N–H and O–H groups in total. The summed E-state index contributed by atoms with van der Waals surface area (Å²) < 4.78 is 21.9. The second kappa shape index (κ2) is 11.8. The lowest BCUT2D eigenvalue weighted by atomic mass is 9.71. The zero-order valence-electron chi connectivity index (χ0n) is 23.9. The lowest BCUT2D eigenvalue weighted by molar-refractivity contribution is -0.116. The van der Waals surface area contributed by atoms with Crippen molar-refractivity contribution in [2.75, 3.05) is 33.8 Å². The van der Waals surface area contributed by atoms with Crippen molar-refractivity contribution >= 4 is 17.4 Å². The molecule has 2 aliphatic rings. The molecule has 5 rings (SSSR count). The van der Waals surface area contributed by atoms with E-state index in [9.17, 15) is 9.59 Å². The normalized spacial score (nSPS) is 18.3. The van der Waals surface area contributed by atoms with Gasteiger partial charge in [0.05, 0.1) is 34.4 Å². The maximum absolute atomic E-state index is 14.0. The monoisotopic (exact) mass is 554 g/mol. The van der Waals surface area contributed by atoms with E-state index in [-0.39, 0.29) is 17.6 Å². The van der Waals surface area contributed by atoms with Gasteiger partial charge in [0.25, 0.3) is 5.91 Å². The number of allylic oxidation sites excluding steroid dienone is 3. The first-order chi connectivity index (χ1) is 19.9. The maximum Gasteiger partial charge on any atom is 0.254 e. The number of amides is 1. The molecule has 41 heavy (non-hydrogen) atoms. The molecule has 3 aromatic rings. The molecule has 0 aromatic heterocycles. The average molecular weight is 555 g/mol. The van der Waals surface area contributed by atoms with Gasteiger partial charge in [0.2, 0.25) is 0 Å². The minimum atomic E-state index is -0.598. The minimum absolute atomic E-state index is 0.0170. The number of methoxy groups -OCH3 is 4. The topological polar surface area (TPSA) is 95.1 Å². The summed E-state index contributed by atoms with van der Waals surface area (Å²) in [4.78, 5) is 27.9. The summed E-state index contributed by atoms with van der Waals surface area (Å²) in [5, 5.41) is 6.44. The smallest absolute Gasteiger partial charge is 0.254 e. The Morgan fingerprint density at radius 1 is 0.829 bits per heavy atom. The molecule has 2 atom stereocenters. The van der Waals surface area contributed by atoms with Crippen molar-refractivity contribution in [1.29, 1.82) is 0 Å². The number of carbonyl (C=O) groups is 2. The number of benzene rings is 3. The van der Waals surface area contributed by atoms with Gasteiger partial charge < -0.3 is 29.6 Å². The molecular weight excluding hydrogens is 520 g/mol. The van der Waals surface area contributed by atoms with Gasteiger partial charge >= 0.3 is 0 Å². The molecule has 0 radical (unpaired) electrons. The van der Waals surface area contributed by atoms with Crippen molar-refractivity contribution in [2.24, 2.45) is 0 Å². The van der Waals surface area contributed by atoms with Gasteiger partial charge in [-0.15, -0.1) is 0 Å². The van der Waals surface area contributed by atoms with Gasteiger partial charge in [-0.2, -0.15) is 0 Å². The maximum atomic E-state index is 14.0. The first-order valence-corrected chi connectivity index (χ1v) is 13.4. The van der Waals surface area contributed by atoms with E-state index in [2.05, 4.69) is 10.6 Å². The van der Waals surface area contributed by atoms with Crippen LogP contribution >= 0.6 is 0 Å². The summed E-state index contributed by atoms with van der Waals surface area (Å²) in [6.07, 6.45) is 0.904. The Bertz CT molecular complexity index is 1540. The van der Waals surface area contributed by atoms with Crippen LogP contribution in [0.4, 0.5) is 5.69 Å². The Kier molecular flexibility index (Phi) is 8.01. The van der Waals surface area contributed by atoms with E-state index in [1.807, 2.05) is 49.4 Å². The molecule has 1 aliphatic carbocycles. The van der Waals surface area contributed by atoms with Gasteiger partial charge in [0.1, 0.15) is 11.5 Å². The summed E-state index contributed by atoms with van der Waals surface area (Å²) in [6.45, 7) is 1.87. The molecule has 212 valence electrons. The number of dihydropyridines is 1. The fourth-order valence-electron chi connectivity index (χ4n) is 5.77. The van der Waals surface area contributed by atoms with Gasteiger partial charge in [-0.05, 0) is 67.3 Å². The quantitative estimate of drug-likeness (QED) is 0.368. The minimum Gasteiger partial charge on any atom is -0.497 e. The predicted molar refractivity (Wildman–Crippen MR) is 157 cm³/mol. The highest BCUT2D eigenvalue weighted by Crippen LogP contribution is 2.48. The molecule has 0 saturated carbocycles. The molecular formula is C33H34N2O6. The van der Waals surface area contributed by atoms with Crippen LogP contribution < -0.4 is 29.6 Å². The van der Waals surface area contributed by atoms with Crippen molar-refractivity contribution in [3.63, 3.8) is 0 Å². The number of ketones is 1. The summed E-state index contributed by atoms with van der Waals surface area (Å²) >= 11 is 0. The number of anilines is 1. The van der Waals surface area contributed by atoms with Gasteiger partial charge in [0, 0.05) is 40.2 Å². The number of nitrogens with one attached hydrogen (secondary N) is 2. The largest absolute Gasteiger partial charge is 0.497 e. The van der Waals surface area contributed by atoms with Crippen molar-refractivity contribution in [3.8, 4) is 23.0 Å². The molecule has 8 nitrogen and oxygen atoms in total. The van der Waals surface area contributed by atoms with Crippen molar-refractivity contribution in [3.05, 3.63) is 100 Å². The third-order valence-electron chi connectivity index (χ3n) is 7.75. The fourth-order valence-corrected chi connectivity index (χ4v) is 5.77. The molecule has 1 heterocycles. The van der Waals surface area contributed by atoms with Crippen molar-refractivity contribution < 1.29 is 28.5 Å². The third-order valence-corrected chi connectivity index (χ3v) is 7.75. The Balaban J connectivity index is 1.55. The van der Waals surface area contributed by atoms with Crippen LogP contribution in [0.3, 0.4) is 0 Å². The van der Waals surface area contributed by atoms with Crippen LogP contribution in [0.15, 0.2) is 89.3 Å². The summed E-state index contributed by atoms with van der Waals surface area (Å²) in [5.74, 6) is 1.59. The van der Waals surface area contributed by atoms with Gasteiger partial charge in [-0.3, -0.25) is 9.59 Å². The van der Waals surface area contributed by atoms with E-state index in [1.54, 1.807) is 52.7 Å². The van der Waals surface area contributed by atoms with Crippen molar-refractivity contribution in [2.45, 2.75) is 31.6 Å². The first-order valence-electron chi connectivity index (χ1n) is 13.4. The number of carbonyl (C=O) groups excluding carboxylic acids is 2. The SMILES string of the molecule is COc1ccc(NC(=O)C2=C(C)NC3=C(C(=O)C[C@H](c4ccc(OC)c(OC)c4)C3)[C@@H]2c2ccccc2OC)cc1. The van der Waals surface area contributed by atoms with Crippen LogP contribution in [0.5, 0.6) is 23.0 Å². The highest BCUT2D eigenvalue weighted by molar-refractivity contribution is 6.10. The van der Waals surface area contributed by atoms with Gasteiger partial charge in [-0.25, -0.2) is 0 Å². The lowest BCUT2D eigenvalue weighted by Gasteiger charge is -2.37. The summed E-state index contributed by atoms with van der Waals surface area (Å²) in [5.41, 5.74) is 4.95. The van der Waals surface area contributed by atoms with Crippen LogP contribution in [0.25, 0.3) is 0 Å². The van der Waals surface area contributed by atoms with E-state index >= 15 is 0 Å². The Morgan fingerprint density at radius 3 is 2.22 bits per heavy atom. The van der Waals surface area contributed by atoms with E-state index in [1.165, 1.54) is 0 Å². The number of para-hydroxylation sites is 1. The molecule has 0 bridgehead atoms. The molecule has 0 unspecified atom stereocenters. The van der Waals surface area contributed by atoms with Crippen LogP contribution in [0, 0.1) is 0 Å². The fraction of sp³-hybridized carbons (Fsp3) is 0.273. The van der Waals surface area contributed by atoms with Gasteiger partial charge in [-0.1, -0.05) is 24.3 Å². The summed E-state index contributed by atoms with van der Waals surface area (Å²) in [7, 11) is 6.38. The second-order valence-electron chi connectivity index (χ2n) is 10.1. The molecule has 8 heteroatoms. The van der Waals surface area contributed by atoms with Crippen LogP contribution in [0.1, 0.15) is 42.7 Å². The lowest BCUT2D eigenvalue weighted by Crippen LogP contribution is -2.37. The standard InChI is InChI=1S/C33H34N2O6/c1-19-30(33(37)35-22-11-13-23(38-2)14-12-22)31(24-8-6-7-9-27(24)39-3)32-25(34-19)16-21(17-26(32)36)20-10-15-28(40-4)29(18-20)41-5/h6-15,18,21,31,34H,16-17H2,1-5H3,(H,35,37)/t21-,31-/m1/s1. The highest BCUT2D eigenvalue weighted by atomic mass is 16.5. The van der Waals surface area contributed by atoms with Crippen LogP contribution in [-0.4, -0.2) is 40.1 Å². The van der Waals surface area contributed by atoms with E-state index in [0.29, 0.717) is 58.4 Å². The highest BCUT2D eigenvalue weighted by Gasteiger charge is 2.42. The molecule has 1 aliphatic heterocycles. The zero-order chi connectivity index (χ0) is 29.1. The number of rotatable bonds is 8. The zero-order valence-corrected chi connectivity index (χ0v) is 23.9. The number of hydrogen-bond acceptors (Lipinski definition) is 7.